The summed E-state index contributed by atoms with van der Waals surface area (Å²) in [5.41, 5.74) is 1.32. The summed E-state index contributed by atoms with van der Waals surface area (Å²) in [5, 5.41) is 6.16. The molecule has 1 atom stereocenters. The molecule has 0 radical (unpaired) electrons. The van der Waals surface area contributed by atoms with Crippen molar-refractivity contribution in [2.45, 2.75) is 25.8 Å². The predicted molar refractivity (Wildman–Crippen MR) is 80.7 cm³/mol. The van der Waals surface area contributed by atoms with E-state index in [2.05, 4.69) is 46.4 Å². The number of hydrogen-bond acceptors (Lipinski definition) is 3. The Labute approximate surface area is 114 Å². The molecule has 1 unspecified atom stereocenters. The van der Waals surface area contributed by atoms with Crippen molar-refractivity contribution in [3.63, 3.8) is 0 Å². The molecule has 1 N–H and O–H groups in total. The van der Waals surface area contributed by atoms with E-state index in [0.29, 0.717) is 6.04 Å². The highest BCUT2D eigenvalue weighted by Gasteiger charge is 2.16. The van der Waals surface area contributed by atoms with Crippen LogP contribution in [-0.4, -0.2) is 30.7 Å². The minimum atomic E-state index is 0.665. The number of aromatic nitrogens is 1. The van der Waals surface area contributed by atoms with E-state index in [4.69, 9.17) is 0 Å². The first-order valence-electron chi connectivity index (χ1n) is 7.19. The highest BCUT2D eigenvalue weighted by Crippen LogP contribution is 2.26. The van der Waals surface area contributed by atoms with Gasteiger partial charge in [0.1, 0.15) is 0 Å². The Kier molecular flexibility index (Phi) is 3.65. The third kappa shape index (κ3) is 2.56. The molecular weight excluding hydrogens is 234 g/mol. The summed E-state index contributed by atoms with van der Waals surface area (Å²) < 4.78 is 0. The standard InChI is InChI=1S/C16H21N3/c1-2-14-7-10-19(11-9-18-14)16-5-3-4-13-6-8-17-12-15(13)16/h3-6,8,12,14,18H,2,7,9-11H2,1H3. The highest BCUT2D eigenvalue weighted by molar-refractivity contribution is 5.93. The molecule has 1 aromatic heterocycles. The summed E-state index contributed by atoms with van der Waals surface area (Å²) >= 11 is 0. The Balaban J connectivity index is 1.91. The Morgan fingerprint density at radius 2 is 2.26 bits per heavy atom. The van der Waals surface area contributed by atoms with Crippen LogP contribution < -0.4 is 10.2 Å². The van der Waals surface area contributed by atoms with Crippen LogP contribution in [0.25, 0.3) is 10.8 Å². The lowest BCUT2D eigenvalue weighted by atomic mass is 10.1. The second kappa shape index (κ2) is 5.57. The van der Waals surface area contributed by atoms with Crippen molar-refractivity contribution < 1.29 is 0 Å². The van der Waals surface area contributed by atoms with Gasteiger partial charge in [0.05, 0.1) is 0 Å². The molecule has 1 saturated heterocycles. The van der Waals surface area contributed by atoms with E-state index < -0.39 is 0 Å². The van der Waals surface area contributed by atoms with Crippen molar-refractivity contribution in [3.05, 3.63) is 36.7 Å². The van der Waals surface area contributed by atoms with Crippen molar-refractivity contribution in [1.29, 1.82) is 0 Å². The molecule has 100 valence electrons. The Morgan fingerprint density at radius 1 is 1.32 bits per heavy atom. The van der Waals surface area contributed by atoms with Gasteiger partial charge in [-0.05, 0) is 30.4 Å². The van der Waals surface area contributed by atoms with Gasteiger partial charge in [0.15, 0.2) is 0 Å². The third-order valence-electron chi connectivity index (χ3n) is 4.06. The van der Waals surface area contributed by atoms with E-state index in [-0.39, 0.29) is 0 Å². The van der Waals surface area contributed by atoms with Crippen molar-refractivity contribution in [2.24, 2.45) is 0 Å². The molecule has 3 nitrogen and oxygen atoms in total. The fourth-order valence-electron chi connectivity index (χ4n) is 2.89. The summed E-state index contributed by atoms with van der Waals surface area (Å²) in [4.78, 5) is 6.77. The molecule has 0 spiro atoms. The minimum Gasteiger partial charge on any atom is -0.370 e. The van der Waals surface area contributed by atoms with Crippen LogP contribution in [0, 0.1) is 0 Å². The zero-order valence-electron chi connectivity index (χ0n) is 11.5. The summed E-state index contributed by atoms with van der Waals surface area (Å²) in [6.07, 6.45) is 6.28. The maximum Gasteiger partial charge on any atom is 0.0461 e. The maximum atomic E-state index is 4.28. The molecule has 0 bridgehead atoms. The van der Waals surface area contributed by atoms with Gasteiger partial charge in [-0.1, -0.05) is 19.1 Å². The second-order valence-corrected chi connectivity index (χ2v) is 5.21. The van der Waals surface area contributed by atoms with Crippen LogP contribution in [0.3, 0.4) is 0 Å². The van der Waals surface area contributed by atoms with E-state index >= 15 is 0 Å². The molecule has 1 fully saturated rings. The molecule has 0 aliphatic carbocycles. The number of nitrogens with zero attached hydrogens (tertiary/aromatic N) is 2. The Hall–Kier alpha value is -1.61. The van der Waals surface area contributed by atoms with Crippen LogP contribution in [-0.2, 0) is 0 Å². The van der Waals surface area contributed by atoms with Crippen molar-refractivity contribution in [1.82, 2.24) is 10.3 Å². The number of rotatable bonds is 2. The van der Waals surface area contributed by atoms with Crippen LogP contribution in [0.15, 0.2) is 36.7 Å². The number of anilines is 1. The van der Waals surface area contributed by atoms with Gasteiger partial charge in [0, 0.05) is 49.1 Å². The van der Waals surface area contributed by atoms with Gasteiger partial charge >= 0.3 is 0 Å². The first-order valence-corrected chi connectivity index (χ1v) is 7.19. The van der Waals surface area contributed by atoms with Crippen LogP contribution >= 0.6 is 0 Å². The fraction of sp³-hybridized carbons (Fsp3) is 0.438. The molecule has 2 heterocycles. The topological polar surface area (TPSA) is 28.2 Å². The van der Waals surface area contributed by atoms with Gasteiger partial charge in [-0.2, -0.15) is 0 Å². The van der Waals surface area contributed by atoms with E-state index in [1.807, 2.05) is 12.4 Å². The Morgan fingerprint density at radius 3 is 3.16 bits per heavy atom. The lowest BCUT2D eigenvalue weighted by Gasteiger charge is -2.24. The lowest BCUT2D eigenvalue weighted by Crippen LogP contribution is -2.30. The molecule has 1 aliphatic heterocycles. The molecule has 3 rings (SSSR count). The van der Waals surface area contributed by atoms with Crippen LogP contribution in [0.2, 0.25) is 0 Å². The fourth-order valence-corrected chi connectivity index (χ4v) is 2.89. The molecular formula is C16H21N3. The molecule has 3 heteroatoms. The quantitative estimate of drug-likeness (QED) is 0.894. The van der Waals surface area contributed by atoms with Crippen LogP contribution in [0.4, 0.5) is 5.69 Å². The monoisotopic (exact) mass is 255 g/mol. The summed E-state index contributed by atoms with van der Waals surface area (Å²) in [6, 6.07) is 9.27. The van der Waals surface area contributed by atoms with Gasteiger partial charge in [-0.25, -0.2) is 0 Å². The second-order valence-electron chi connectivity index (χ2n) is 5.21. The SMILES string of the molecule is CCC1CCN(c2cccc3ccncc23)CCN1. The number of benzene rings is 1. The molecule has 2 aromatic rings. The zero-order chi connectivity index (χ0) is 13.1. The van der Waals surface area contributed by atoms with Crippen LogP contribution in [0.5, 0.6) is 0 Å². The van der Waals surface area contributed by atoms with E-state index in [0.717, 1.165) is 19.6 Å². The van der Waals surface area contributed by atoms with Crippen LogP contribution in [0.1, 0.15) is 19.8 Å². The van der Waals surface area contributed by atoms with Crippen molar-refractivity contribution >= 4 is 16.5 Å². The summed E-state index contributed by atoms with van der Waals surface area (Å²) in [7, 11) is 0. The smallest absolute Gasteiger partial charge is 0.0461 e. The normalized spacial score (nSPS) is 20.5. The van der Waals surface area contributed by atoms with Gasteiger partial charge < -0.3 is 10.2 Å². The average molecular weight is 255 g/mol. The summed E-state index contributed by atoms with van der Waals surface area (Å²) in [5.74, 6) is 0. The van der Waals surface area contributed by atoms with Gasteiger partial charge in [0.2, 0.25) is 0 Å². The molecule has 1 aromatic carbocycles. The maximum absolute atomic E-state index is 4.28. The zero-order valence-corrected chi connectivity index (χ0v) is 11.5. The van der Waals surface area contributed by atoms with Gasteiger partial charge in [0.25, 0.3) is 0 Å². The molecule has 19 heavy (non-hydrogen) atoms. The molecule has 1 aliphatic rings. The van der Waals surface area contributed by atoms with Gasteiger partial charge in [-0.15, -0.1) is 0 Å². The molecule has 0 amide bonds. The van der Waals surface area contributed by atoms with Gasteiger partial charge in [-0.3, -0.25) is 4.98 Å². The minimum absolute atomic E-state index is 0.665. The lowest BCUT2D eigenvalue weighted by molar-refractivity contribution is 0.510. The predicted octanol–water partition coefficient (Wildman–Crippen LogP) is 2.81. The first kappa shape index (κ1) is 12.4. The number of pyridine rings is 1. The third-order valence-corrected chi connectivity index (χ3v) is 4.06. The van der Waals surface area contributed by atoms with Crippen molar-refractivity contribution in [2.75, 3.05) is 24.5 Å². The number of hydrogen-bond donors (Lipinski definition) is 1. The highest BCUT2D eigenvalue weighted by atomic mass is 15.2. The number of fused-ring (bicyclic) bond motifs is 1. The van der Waals surface area contributed by atoms with E-state index in [1.165, 1.54) is 29.3 Å². The van der Waals surface area contributed by atoms with E-state index in [9.17, 15) is 0 Å². The van der Waals surface area contributed by atoms with E-state index in [1.54, 1.807) is 0 Å². The molecule has 0 saturated carbocycles. The Bertz CT molecular complexity index is 547. The number of nitrogens with one attached hydrogen (secondary N) is 1. The average Bonchev–Trinajstić information content (AvgIpc) is 2.72. The van der Waals surface area contributed by atoms with Crippen molar-refractivity contribution in [3.8, 4) is 0 Å². The summed E-state index contributed by atoms with van der Waals surface area (Å²) in [6.45, 7) is 5.52. The first-order chi connectivity index (χ1) is 9.38. The largest absolute Gasteiger partial charge is 0.370 e.